The molecule has 160 valence electrons. The molecule has 1 aliphatic carbocycles. The van der Waals surface area contributed by atoms with Crippen molar-refractivity contribution in [2.75, 3.05) is 7.05 Å². The molecule has 1 saturated heterocycles. The molecule has 4 rings (SSSR count). The number of aliphatic carboxylic acids is 1. The van der Waals surface area contributed by atoms with Crippen molar-refractivity contribution < 1.29 is 54.2 Å². The van der Waals surface area contributed by atoms with E-state index in [2.05, 4.69) is 10.3 Å². The van der Waals surface area contributed by atoms with Gasteiger partial charge in [-0.25, -0.2) is 4.79 Å². The van der Waals surface area contributed by atoms with Crippen molar-refractivity contribution in [1.29, 1.82) is 0 Å². The number of rotatable bonds is 5. The molecule has 2 aliphatic heterocycles. The summed E-state index contributed by atoms with van der Waals surface area (Å²) in [6, 6.07) is 2.48. The molecule has 0 aromatic carbocycles. The monoisotopic (exact) mass is 436 g/mol. The Balaban J connectivity index is 0.00000272. The van der Waals surface area contributed by atoms with Crippen LogP contribution in [0.15, 0.2) is 35.8 Å². The second kappa shape index (κ2) is 9.28. The Labute approximate surface area is 202 Å². The summed E-state index contributed by atoms with van der Waals surface area (Å²) in [5.41, 5.74) is 1.30. The third-order valence-corrected chi connectivity index (χ3v) is 6.53. The Morgan fingerprint density at radius 3 is 2.77 bits per heavy atom. The number of fused-ring (bicyclic) bond motifs is 3. The van der Waals surface area contributed by atoms with Gasteiger partial charge in [-0.3, -0.25) is 9.78 Å². The van der Waals surface area contributed by atoms with Gasteiger partial charge in [0.2, 0.25) is 5.91 Å². The average Bonchev–Trinajstić information content (AvgIpc) is 3.02. The van der Waals surface area contributed by atoms with Crippen LogP contribution in [-0.4, -0.2) is 63.0 Å². The Bertz CT molecular complexity index is 906. The van der Waals surface area contributed by atoms with E-state index in [1.54, 1.807) is 32.4 Å². The molecule has 1 unspecified atom stereocenters. The van der Waals surface area contributed by atoms with Gasteiger partial charge in [0.15, 0.2) is 0 Å². The minimum Gasteiger partial charge on any atom is -0.543 e. The van der Waals surface area contributed by atoms with E-state index in [4.69, 9.17) is 0 Å². The Morgan fingerprint density at radius 2 is 2.16 bits per heavy atom. The molecule has 3 heterocycles. The number of likely N-dealkylation sites (N-methyl/N-ethyl adjacent to an activating group) is 1. The van der Waals surface area contributed by atoms with Gasteiger partial charge in [0.25, 0.3) is 0 Å². The van der Waals surface area contributed by atoms with Gasteiger partial charge in [-0.2, -0.15) is 0 Å². The van der Waals surface area contributed by atoms with E-state index in [0.29, 0.717) is 25.0 Å². The molecule has 0 bridgehead atoms. The number of pyridine rings is 1. The van der Waals surface area contributed by atoms with Crippen LogP contribution in [0.4, 0.5) is 4.79 Å². The fourth-order valence-corrected chi connectivity index (χ4v) is 5.19. The van der Waals surface area contributed by atoms with Crippen LogP contribution in [0.1, 0.15) is 31.7 Å². The van der Waals surface area contributed by atoms with E-state index in [1.807, 2.05) is 6.07 Å². The van der Waals surface area contributed by atoms with Crippen molar-refractivity contribution >= 4 is 17.9 Å². The quantitative estimate of drug-likeness (QED) is 0.367. The zero-order chi connectivity index (χ0) is 21.6. The fourth-order valence-electron chi connectivity index (χ4n) is 5.19. The number of aromatic nitrogens is 1. The van der Waals surface area contributed by atoms with E-state index >= 15 is 0 Å². The molecule has 3 amide bonds. The number of carbonyl (C=O) groups excluding carboxylic acids is 3. The maximum absolute atomic E-state index is 12.8. The van der Waals surface area contributed by atoms with E-state index < -0.39 is 29.9 Å². The van der Waals surface area contributed by atoms with Crippen LogP contribution in [0.2, 0.25) is 0 Å². The molecule has 10 heteroatoms. The normalized spacial score (nSPS) is 27.5. The van der Waals surface area contributed by atoms with Crippen molar-refractivity contribution in [2.24, 2.45) is 11.8 Å². The second-order valence-electron chi connectivity index (χ2n) is 8.24. The van der Waals surface area contributed by atoms with Crippen LogP contribution in [0, 0.1) is 11.8 Å². The molecule has 31 heavy (non-hydrogen) atoms. The molecular formula is C21H25N4NaO5. The van der Waals surface area contributed by atoms with Crippen LogP contribution in [-0.2, 0) is 16.1 Å². The van der Waals surface area contributed by atoms with Crippen molar-refractivity contribution in [1.82, 2.24) is 20.1 Å². The van der Waals surface area contributed by atoms with E-state index in [0.717, 1.165) is 12.0 Å². The van der Waals surface area contributed by atoms with Crippen molar-refractivity contribution in [3.05, 3.63) is 41.4 Å². The molecule has 5 atom stereocenters. The summed E-state index contributed by atoms with van der Waals surface area (Å²) < 4.78 is 0. The second-order valence-corrected chi connectivity index (χ2v) is 8.24. The van der Waals surface area contributed by atoms with Gasteiger partial charge in [-0.05, 0) is 37.0 Å². The molecule has 2 N–H and O–H groups in total. The first-order valence-electron chi connectivity index (χ1n) is 10.2. The fraction of sp³-hybridized carbons (Fsp3) is 0.524. The number of urea groups is 1. The Kier molecular flexibility index (Phi) is 7.10. The van der Waals surface area contributed by atoms with Gasteiger partial charge in [-0.15, -0.1) is 0 Å². The number of carboxylic acids is 1. The largest absolute Gasteiger partial charge is 1.00 e. The summed E-state index contributed by atoms with van der Waals surface area (Å²) in [4.78, 5) is 44.1. The number of carbonyl (C=O) groups is 3. The van der Waals surface area contributed by atoms with Crippen LogP contribution in [0.25, 0.3) is 0 Å². The van der Waals surface area contributed by atoms with Gasteiger partial charge in [0.1, 0.15) is 0 Å². The number of nitrogens with one attached hydrogen (secondary N) is 1. The van der Waals surface area contributed by atoms with E-state index in [9.17, 15) is 24.6 Å². The minimum absolute atomic E-state index is 0. The van der Waals surface area contributed by atoms with Crippen molar-refractivity contribution in [3.8, 4) is 0 Å². The smallest absolute Gasteiger partial charge is 0.543 e. The summed E-state index contributed by atoms with van der Waals surface area (Å²) in [5.74, 6) is -2.61. The van der Waals surface area contributed by atoms with E-state index in [-0.39, 0.29) is 53.2 Å². The SMILES string of the molecule is CC(O)[C@H]1C(=O)N2C(C(=O)[O-])=C3[C@H](CCC[C@@H]3N(C)C(=O)NCc3cccnc3)[C@H]12.[Na+]. The summed E-state index contributed by atoms with van der Waals surface area (Å²) in [6.45, 7) is 1.85. The predicted molar refractivity (Wildman–Crippen MR) is 103 cm³/mol. The maximum Gasteiger partial charge on any atom is 1.00 e. The first-order chi connectivity index (χ1) is 14.3. The number of hydrogen-bond donors (Lipinski definition) is 2. The number of aliphatic hydroxyl groups excluding tert-OH is 1. The summed E-state index contributed by atoms with van der Waals surface area (Å²) in [6.07, 6.45) is 4.57. The third-order valence-electron chi connectivity index (χ3n) is 6.53. The zero-order valence-corrected chi connectivity index (χ0v) is 19.9. The Morgan fingerprint density at radius 1 is 1.42 bits per heavy atom. The number of hydrogen-bond acceptors (Lipinski definition) is 6. The number of carboxylic acid groups (broad SMARTS) is 1. The number of β-lactam (4-membered cyclic amide) rings is 1. The molecule has 0 spiro atoms. The molecule has 1 aromatic rings. The standard InChI is InChI=1S/C21H26N4O5.Na/c1-11(26)15-17-13-6-3-7-14(16(13)18(20(28)29)25(17)19(15)27)24(2)21(30)23-10-12-5-4-8-22-9-12;/h4-5,8-9,11,13-15,17,26H,3,6-7,10H2,1-2H3,(H,23,30)(H,28,29);/q;+1/p-1/t11?,13-,14-,15+,17+;/m0./s1. The molecule has 1 aromatic heterocycles. The number of aliphatic hydroxyl groups is 1. The van der Waals surface area contributed by atoms with Crippen molar-refractivity contribution in [3.63, 3.8) is 0 Å². The van der Waals surface area contributed by atoms with Gasteiger partial charge in [0, 0.05) is 31.9 Å². The molecule has 2 fully saturated rings. The van der Waals surface area contributed by atoms with Crippen LogP contribution < -0.4 is 40.0 Å². The van der Waals surface area contributed by atoms with Crippen LogP contribution in [0.3, 0.4) is 0 Å². The number of nitrogens with zero attached hydrogens (tertiary/aromatic N) is 3. The molecule has 9 nitrogen and oxygen atoms in total. The summed E-state index contributed by atoms with van der Waals surface area (Å²) >= 11 is 0. The van der Waals surface area contributed by atoms with Gasteiger partial charge < -0.3 is 30.1 Å². The van der Waals surface area contributed by atoms with Gasteiger partial charge in [-0.1, -0.05) is 12.5 Å². The first-order valence-corrected chi connectivity index (χ1v) is 10.2. The van der Waals surface area contributed by atoms with E-state index in [1.165, 1.54) is 9.80 Å². The van der Waals surface area contributed by atoms with Crippen LogP contribution in [0.5, 0.6) is 0 Å². The van der Waals surface area contributed by atoms with Crippen LogP contribution >= 0.6 is 0 Å². The van der Waals surface area contributed by atoms with Gasteiger partial charge in [0.05, 0.1) is 35.8 Å². The molecule has 3 aliphatic rings. The summed E-state index contributed by atoms with van der Waals surface area (Å²) in [5, 5.41) is 24.8. The Hall–Kier alpha value is -1.94. The molecule has 1 saturated carbocycles. The maximum atomic E-state index is 12.8. The third kappa shape index (κ3) is 4.00. The first kappa shape index (κ1) is 23.7. The molecule has 0 radical (unpaired) electrons. The minimum atomic E-state index is -1.41. The topological polar surface area (TPSA) is 126 Å². The number of amides is 3. The van der Waals surface area contributed by atoms with Gasteiger partial charge >= 0.3 is 35.6 Å². The average molecular weight is 436 g/mol. The molecular weight excluding hydrogens is 411 g/mol. The zero-order valence-electron chi connectivity index (χ0n) is 17.9. The predicted octanol–water partition coefficient (Wildman–Crippen LogP) is -3.38. The summed E-state index contributed by atoms with van der Waals surface area (Å²) in [7, 11) is 1.63. The van der Waals surface area contributed by atoms with Crippen molar-refractivity contribution in [2.45, 2.75) is 50.9 Å².